The summed E-state index contributed by atoms with van der Waals surface area (Å²) in [4.78, 5) is 2.90. The number of anilines is 1. The van der Waals surface area contributed by atoms with E-state index in [1.54, 1.807) is 0 Å². The Morgan fingerprint density at radius 3 is 2.31 bits per heavy atom. The van der Waals surface area contributed by atoms with E-state index < -0.39 is 35.1 Å². The molecule has 0 fully saturated rings. The third-order valence-electron chi connectivity index (χ3n) is 1.76. The number of pyridine rings is 1. The molecule has 0 saturated heterocycles. The molecule has 1 aromatic rings. The van der Waals surface area contributed by atoms with E-state index in [4.69, 9.17) is 11.0 Å². The zero-order valence-electron chi connectivity index (χ0n) is 7.52. The fourth-order valence-electron chi connectivity index (χ4n) is 1.09. The van der Waals surface area contributed by atoms with Crippen molar-refractivity contribution in [3.8, 4) is 6.07 Å². The van der Waals surface area contributed by atoms with E-state index >= 15 is 0 Å². The summed E-state index contributed by atoms with van der Waals surface area (Å²) in [6.45, 7) is 0. The Morgan fingerprint density at radius 1 is 1.38 bits per heavy atom. The van der Waals surface area contributed by atoms with Crippen LogP contribution in [-0.4, -0.2) is 4.98 Å². The standard InChI is InChI=1S/C8H4F5N3/c9-7(10)6-4(8(11,12)13)5(15)3(1-14)2-16-6/h2,7H,(H2,15,16). The van der Waals surface area contributed by atoms with Crippen LogP contribution in [0.1, 0.15) is 23.2 Å². The maximum atomic E-state index is 12.4. The fourth-order valence-corrected chi connectivity index (χ4v) is 1.09. The summed E-state index contributed by atoms with van der Waals surface area (Å²) >= 11 is 0. The second kappa shape index (κ2) is 3.92. The van der Waals surface area contributed by atoms with E-state index in [0.717, 1.165) is 0 Å². The van der Waals surface area contributed by atoms with Crippen LogP contribution in [0.15, 0.2) is 6.20 Å². The molecule has 0 amide bonds. The van der Waals surface area contributed by atoms with Crippen LogP contribution in [0.5, 0.6) is 0 Å². The monoisotopic (exact) mass is 237 g/mol. The highest BCUT2D eigenvalue weighted by atomic mass is 19.4. The normalized spacial score (nSPS) is 11.6. The van der Waals surface area contributed by atoms with Gasteiger partial charge in [0.1, 0.15) is 17.3 Å². The third-order valence-corrected chi connectivity index (χ3v) is 1.76. The number of rotatable bonds is 1. The quantitative estimate of drug-likeness (QED) is 0.763. The molecule has 3 nitrogen and oxygen atoms in total. The molecule has 8 heteroatoms. The number of nitriles is 1. The molecule has 0 unspecified atom stereocenters. The minimum Gasteiger partial charge on any atom is -0.397 e. The van der Waals surface area contributed by atoms with Gasteiger partial charge in [0.2, 0.25) is 0 Å². The highest BCUT2D eigenvalue weighted by molar-refractivity contribution is 5.60. The molecule has 0 atom stereocenters. The highest BCUT2D eigenvalue weighted by Crippen LogP contribution is 2.39. The Balaban J connectivity index is 3.58. The maximum absolute atomic E-state index is 12.4. The molecule has 86 valence electrons. The van der Waals surface area contributed by atoms with E-state index in [2.05, 4.69) is 4.98 Å². The first-order valence-electron chi connectivity index (χ1n) is 3.82. The number of halogens is 5. The van der Waals surface area contributed by atoms with Crippen LogP contribution in [0.2, 0.25) is 0 Å². The average molecular weight is 237 g/mol. The van der Waals surface area contributed by atoms with Gasteiger partial charge >= 0.3 is 6.18 Å². The van der Waals surface area contributed by atoms with Crippen molar-refractivity contribution < 1.29 is 22.0 Å². The summed E-state index contributed by atoms with van der Waals surface area (Å²) in [5, 5.41) is 8.41. The smallest absolute Gasteiger partial charge is 0.397 e. The largest absolute Gasteiger partial charge is 0.420 e. The Kier molecular flexibility index (Phi) is 2.98. The van der Waals surface area contributed by atoms with Gasteiger partial charge in [0.05, 0.1) is 11.3 Å². The molecule has 0 aromatic carbocycles. The Bertz CT molecular complexity index is 446. The predicted octanol–water partition coefficient (Wildman–Crippen LogP) is 2.49. The first kappa shape index (κ1) is 12.2. The summed E-state index contributed by atoms with van der Waals surface area (Å²) in [6, 6.07) is 1.34. The van der Waals surface area contributed by atoms with Crippen LogP contribution < -0.4 is 5.73 Å². The zero-order valence-corrected chi connectivity index (χ0v) is 7.52. The van der Waals surface area contributed by atoms with E-state index in [1.165, 1.54) is 6.07 Å². The predicted molar refractivity (Wildman–Crippen MR) is 43.3 cm³/mol. The molecule has 1 aromatic heterocycles. The van der Waals surface area contributed by atoms with Crippen LogP contribution >= 0.6 is 0 Å². The first-order chi connectivity index (χ1) is 7.29. The van der Waals surface area contributed by atoms with Crippen molar-refractivity contribution in [2.45, 2.75) is 12.6 Å². The number of aromatic nitrogens is 1. The molecule has 0 radical (unpaired) electrons. The first-order valence-corrected chi connectivity index (χ1v) is 3.82. The van der Waals surface area contributed by atoms with Gasteiger partial charge in [0.15, 0.2) is 0 Å². The van der Waals surface area contributed by atoms with Crippen LogP contribution in [0.25, 0.3) is 0 Å². The van der Waals surface area contributed by atoms with Crippen molar-refractivity contribution in [3.63, 3.8) is 0 Å². The average Bonchev–Trinajstić information content (AvgIpc) is 2.14. The minimum atomic E-state index is -5.07. The molecule has 0 spiro atoms. The lowest BCUT2D eigenvalue weighted by Crippen LogP contribution is -2.15. The number of nitrogens with two attached hydrogens (primary N) is 1. The molecule has 0 saturated carbocycles. The highest BCUT2D eigenvalue weighted by Gasteiger charge is 2.40. The van der Waals surface area contributed by atoms with Gasteiger partial charge in [-0.3, -0.25) is 4.98 Å². The van der Waals surface area contributed by atoms with Gasteiger partial charge in [-0.05, 0) is 0 Å². The van der Waals surface area contributed by atoms with Crippen molar-refractivity contribution in [2.75, 3.05) is 5.73 Å². The topological polar surface area (TPSA) is 62.7 Å². The summed E-state index contributed by atoms with van der Waals surface area (Å²) in [7, 11) is 0. The summed E-state index contributed by atoms with van der Waals surface area (Å²) in [5.74, 6) is 0. The third kappa shape index (κ3) is 2.03. The molecule has 0 aliphatic rings. The van der Waals surface area contributed by atoms with Crippen LogP contribution in [-0.2, 0) is 6.18 Å². The Labute approximate surface area is 86.3 Å². The number of alkyl halides is 5. The van der Waals surface area contributed by atoms with Crippen molar-refractivity contribution in [3.05, 3.63) is 23.0 Å². The lowest BCUT2D eigenvalue weighted by atomic mass is 10.1. The minimum absolute atomic E-state index is 0.586. The summed E-state index contributed by atoms with van der Waals surface area (Å²) in [5.41, 5.74) is 0.172. The number of hydrogen-bond acceptors (Lipinski definition) is 3. The number of nitrogens with zero attached hydrogens (tertiary/aromatic N) is 2. The zero-order chi connectivity index (χ0) is 12.5. The fraction of sp³-hybridized carbons (Fsp3) is 0.250. The van der Waals surface area contributed by atoms with Crippen LogP contribution in [0.4, 0.5) is 27.6 Å². The molecule has 16 heavy (non-hydrogen) atoms. The van der Waals surface area contributed by atoms with Gasteiger partial charge in [-0.2, -0.15) is 18.4 Å². The molecule has 0 aliphatic carbocycles. The van der Waals surface area contributed by atoms with Crippen LogP contribution in [0, 0.1) is 11.3 Å². The lowest BCUT2D eigenvalue weighted by Gasteiger charge is -2.14. The summed E-state index contributed by atoms with van der Waals surface area (Å²) < 4.78 is 61.8. The maximum Gasteiger partial charge on any atom is 0.420 e. The van der Waals surface area contributed by atoms with Crippen molar-refractivity contribution in [1.29, 1.82) is 5.26 Å². The van der Waals surface area contributed by atoms with Crippen molar-refractivity contribution in [2.24, 2.45) is 0 Å². The van der Waals surface area contributed by atoms with Gasteiger partial charge in [-0.25, -0.2) is 8.78 Å². The lowest BCUT2D eigenvalue weighted by molar-refractivity contribution is -0.139. The molecule has 0 bridgehead atoms. The van der Waals surface area contributed by atoms with E-state index in [-0.39, 0.29) is 0 Å². The van der Waals surface area contributed by atoms with Gasteiger partial charge in [-0.1, -0.05) is 0 Å². The molecule has 1 heterocycles. The van der Waals surface area contributed by atoms with Crippen molar-refractivity contribution >= 4 is 5.69 Å². The SMILES string of the molecule is N#Cc1cnc(C(F)F)c(C(F)(F)F)c1N. The van der Waals surface area contributed by atoms with Crippen LogP contribution in [0.3, 0.4) is 0 Å². The second-order valence-electron chi connectivity index (χ2n) is 2.76. The van der Waals surface area contributed by atoms with Gasteiger partial charge < -0.3 is 5.73 Å². The molecular weight excluding hydrogens is 233 g/mol. The molecule has 2 N–H and O–H groups in total. The summed E-state index contributed by atoms with van der Waals surface area (Å²) in [6.07, 6.45) is -7.89. The van der Waals surface area contributed by atoms with Gasteiger partial charge in [-0.15, -0.1) is 0 Å². The second-order valence-corrected chi connectivity index (χ2v) is 2.76. The van der Waals surface area contributed by atoms with E-state index in [1.807, 2.05) is 0 Å². The Morgan fingerprint density at radius 2 is 1.94 bits per heavy atom. The Hall–Kier alpha value is -1.91. The van der Waals surface area contributed by atoms with Gasteiger partial charge in [0.25, 0.3) is 6.43 Å². The molecule has 0 aliphatic heterocycles. The number of hydrogen-bond donors (Lipinski definition) is 1. The van der Waals surface area contributed by atoms with E-state index in [9.17, 15) is 22.0 Å². The van der Waals surface area contributed by atoms with Gasteiger partial charge in [0, 0.05) is 6.20 Å². The van der Waals surface area contributed by atoms with E-state index in [0.29, 0.717) is 6.20 Å². The molecular formula is C8H4F5N3. The molecule has 1 rings (SSSR count). The number of nitrogen functional groups attached to an aromatic ring is 1. The van der Waals surface area contributed by atoms with Crippen molar-refractivity contribution in [1.82, 2.24) is 4.98 Å².